The summed E-state index contributed by atoms with van der Waals surface area (Å²) >= 11 is 0. The molecule has 0 radical (unpaired) electrons. The molecule has 0 aromatic heterocycles. The third-order valence-electron chi connectivity index (χ3n) is 8.18. The number of amides is 2. The highest BCUT2D eigenvalue weighted by atomic mass is 16.5. The zero-order valence-electron chi connectivity index (χ0n) is 19.6. The summed E-state index contributed by atoms with van der Waals surface area (Å²) in [5.74, 6) is 0.873. The number of ether oxygens (including phenoxy) is 1. The Morgan fingerprint density at radius 2 is 1.67 bits per heavy atom. The number of methoxy groups -OCH3 is 1. The van der Waals surface area contributed by atoms with Gasteiger partial charge >= 0.3 is 12.0 Å². The van der Waals surface area contributed by atoms with Crippen molar-refractivity contribution in [1.29, 1.82) is 0 Å². The van der Waals surface area contributed by atoms with Crippen LogP contribution in [0.25, 0.3) is 0 Å². The van der Waals surface area contributed by atoms with Crippen molar-refractivity contribution in [3.8, 4) is 0 Å². The molecule has 2 amide bonds. The normalized spacial score (nSPS) is 30.5. The highest BCUT2D eigenvalue weighted by Gasteiger charge is 2.58. The number of benzene rings is 2. The summed E-state index contributed by atoms with van der Waals surface area (Å²) < 4.78 is 4.98. The zero-order valence-corrected chi connectivity index (χ0v) is 19.6. The second kappa shape index (κ2) is 8.51. The summed E-state index contributed by atoms with van der Waals surface area (Å²) in [6, 6.07) is 17.8. The van der Waals surface area contributed by atoms with E-state index < -0.39 is 12.0 Å². The van der Waals surface area contributed by atoms with Crippen molar-refractivity contribution in [3.63, 3.8) is 0 Å². The van der Waals surface area contributed by atoms with Crippen LogP contribution in [-0.4, -0.2) is 30.7 Å². The smallest absolute Gasteiger partial charge is 0.328 e. The minimum Gasteiger partial charge on any atom is -0.467 e. The molecule has 33 heavy (non-hydrogen) atoms. The molecule has 6 rings (SSSR count). The molecule has 0 heterocycles. The van der Waals surface area contributed by atoms with E-state index in [0.29, 0.717) is 18.3 Å². The second-order valence-corrected chi connectivity index (χ2v) is 10.8. The van der Waals surface area contributed by atoms with E-state index in [1.807, 2.05) is 30.3 Å². The van der Waals surface area contributed by atoms with Crippen LogP contribution in [0.2, 0.25) is 0 Å². The van der Waals surface area contributed by atoms with Crippen LogP contribution in [0.3, 0.4) is 0 Å². The quantitative estimate of drug-likeness (QED) is 0.634. The van der Waals surface area contributed by atoms with Crippen molar-refractivity contribution < 1.29 is 14.3 Å². The first kappa shape index (κ1) is 22.0. The van der Waals surface area contributed by atoms with Crippen molar-refractivity contribution in [2.75, 3.05) is 7.11 Å². The van der Waals surface area contributed by atoms with Crippen LogP contribution >= 0.6 is 0 Å². The molecule has 2 aromatic rings. The van der Waals surface area contributed by atoms with Crippen LogP contribution in [0.5, 0.6) is 0 Å². The van der Waals surface area contributed by atoms with Crippen molar-refractivity contribution in [2.24, 2.45) is 11.8 Å². The first-order chi connectivity index (χ1) is 15.9. The van der Waals surface area contributed by atoms with E-state index in [0.717, 1.165) is 24.8 Å². The van der Waals surface area contributed by atoms with Gasteiger partial charge in [-0.2, -0.15) is 0 Å². The fourth-order valence-electron chi connectivity index (χ4n) is 7.27. The highest BCUT2D eigenvalue weighted by Crippen LogP contribution is 2.62. The first-order valence-electron chi connectivity index (χ1n) is 12.2. The third kappa shape index (κ3) is 4.38. The van der Waals surface area contributed by atoms with Gasteiger partial charge in [0, 0.05) is 12.0 Å². The molecule has 4 saturated carbocycles. The van der Waals surface area contributed by atoms with Gasteiger partial charge in [-0.15, -0.1) is 0 Å². The van der Waals surface area contributed by atoms with E-state index >= 15 is 0 Å². The molecule has 2 unspecified atom stereocenters. The molecule has 0 aliphatic heterocycles. The van der Waals surface area contributed by atoms with Gasteiger partial charge in [0.15, 0.2) is 0 Å². The fourth-order valence-corrected chi connectivity index (χ4v) is 7.27. The standard InChI is InChI=1S/C28H34N2O3/c1-19-8-10-23(11-9-19)27-14-21-12-22(15-27)17-28(16-21,18-27)30-26(32)29-24(25(31)33-2)13-20-6-4-3-5-7-20/h3-11,21-22,24H,12-18H2,1-2H3,(H2,29,30,32)/t21?,22?,24-,27?,28?/m1/s1. The Balaban J connectivity index is 1.33. The second-order valence-electron chi connectivity index (χ2n) is 10.8. The van der Waals surface area contributed by atoms with E-state index in [4.69, 9.17) is 4.74 Å². The van der Waals surface area contributed by atoms with Crippen LogP contribution in [0.1, 0.15) is 55.2 Å². The first-order valence-corrected chi connectivity index (χ1v) is 12.2. The lowest BCUT2D eigenvalue weighted by Crippen LogP contribution is -2.66. The lowest BCUT2D eigenvalue weighted by molar-refractivity contribution is -0.142. The molecule has 5 nitrogen and oxygen atoms in total. The third-order valence-corrected chi connectivity index (χ3v) is 8.18. The van der Waals surface area contributed by atoms with E-state index in [1.54, 1.807) is 0 Å². The number of rotatable bonds is 6. The number of aryl methyl sites for hydroxylation is 1. The van der Waals surface area contributed by atoms with E-state index in [-0.39, 0.29) is 17.0 Å². The summed E-state index contributed by atoms with van der Waals surface area (Å²) in [6.45, 7) is 2.13. The monoisotopic (exact) mass is 446 g/mol. The van der Waals surface area contributed by atoms with Gasteiger partial charge in [-0.1, -0.05) is 60.2 Å². The Morgan fingerprint density at radius 3 is 2.30 bits per heavy atom. The molecule has 2 N–H and O–H groups in total. The Morgan fingerprint density at radius 1 is 1.00 bits per heavy atom. The molecule has 5 heteroatoms. The largest absolute Gasteiger partial charge is 0.467 e. The average Bonchev–Trinajstić information content (AvgIpc) is 2.78. The Bertz CT molecular complexity index is 1000. The minimum atomic E-state index is -0.711. The van der Waals surface area contributed by atoms with Gasteiger partial charge in [0.25, 0.3) is 0 Å². The predicted octanol–water partition coefficient (Wildman–Crippen LogP) is 4.67. The van der Waals surface area contributed by atoms with Gasteiger partial charge in [-0.25, -0.2) is 9.59 Å². The molecule has 4 fully saturated rings. The van der Waals surface area contributed by atoms with Crippen LogP contribution in [0.15, 0.2) is 54.6 Å². The number of hydrogen-bond acceptors (Lipinski definition) is 3. The highest BCUT2D eigenvalue weighted by molar-refractivity contribution is 5.84. The van der Waals surface area contributed by atoms with Crippen molar-refractivity contribution in [2.45, 2.75) is 68.9 Å². The lowest BCUT2D eigenvalue weighted by atomic mass is 9.45. The summed E-state index contributed by atoms with van der Waals surface area (Å²) in [4.78, 5) is 25.6. The van der Waals surface area contributed by atoms with Crippen LogP contribution in [-0.2, 0) is 21.4 Å². The van der Waals surface area contributed by atoms with E-state index in [2.05, 4.69) is 41.8 Å². The number of carbonyl (C=O) groups excluding carboxylic acids is 2. The number of nitrogens with one attached hydrogen (secondary N) is 2. The Kier molecular flexibility index (Phi) is 5.67. The van der Waals surface area contributed by atoms with Crippen molar-refractivity contribution >= 4 is 12.0 Å². The van der Waals surface area contributed by atoms with Gasteiger partial charge in [0.2, 0.25) is 0 Å². The SMILES string of the molecule is COC(=O)[C@@H](Cc1ccccc1)NC(=O)NC12CC3CC(C1)CC(c1ccc(C)cc1)(C3)C2. The fraction of sp³-hybridized carbons (Fsp3) is 0.500. The molecule has 3 atom stereocenters. The van der Waals surface area contributed by atoms with Gasteiger partial charge in [0.1, 0.15) is 6.04 Å². The molecule has 4 aliphatic carbocycles. The van der Waals surface area contributed by atoms with Gasteiger partial charge in [-0.3, -0.25) is 0 Å². The Labute approximate surface area is 196 Å². The summed E-state index contributed by atoms with van der Waals surface area (Å²) in [6.07, 6.45) is 7.17. The molecular weight excluding hydrogens is 412 g/mol. The summed E-state index contributed by atoms with van der Waals surface area (Å²) in [7, 11) is 1.37. The molecule has 4 aliphatic rings. The lowest BCUT2D eigenvalue weighted by Gasteiger charge is -2.62. The van der Waals surface area contributed by atoms with Crippen molar-refractivity contribution in [1.82, 2.24) is 10.6 Å². The van der Waals surface area contributed by atoms with Crippen LogP contribution in [0.4, 0.5) is 4.79 Å². The molecular formula is C28H34N2O3. The average molecular weight is 447 g/mol. The number of hydrogen-bond donors (Lipinski definition) is 2. The molecule has 0 saturated heterocycles. The van der Waals surface area contributed by atoms with Gasteiger partial charge in [-0.05, 0) is 73.8 Å². The number of urea groups is 1. The van der Waals surface area contributed by atoms with Crippen molar-refractivity contribution in [3.05, 3.63) is 71.3 Å². The summed E-state index contributed by atoms with van der Waals surface area (Å²) in [5, 5.41) is 6.29. The van der Waals surface area contributed by atoms with E-state index in [9.17, 15) is 9.59 Å². The molecule has 2 aromatic carbocycles. The minimum absolute atomic E-state index is 0.150. The molecule has 0 spiro atoms. The van der Waals surface area contributed by atoms with Crippen LogP contribution < -0.4 is 10.6 Å². The van der Waals surface area contributed by atoms with Crippen LogP contribution in [0, 0.1) is 18.8 Å². The summed E-state index contributed by atoms with van der Waals surface area (Å²) in [5.41, 5.74) is 3.64. The number of carbonyl (C=O) groups is 2. The maximum Gasteiger partial charge on any atom is 0.328 e. The molecule has 174 valence electrons. The van der Waals surface area contributed by atoms with Gasteiger partial charge < -0.3 is 15.4 Å². The predicted molar refractivity (Wildman–Crippen MR) is 128 cm³/mol. The maximum atomic E-state index is 13.2. The zero-order chi connectivity index (χ0) is 23.1. The topological polar surface area (TPSA) is 67.4 Å². The maximum absolute atomic E-state index is 13.2. The van der Waals surface area contributed by atoms with Gasteiger partial charge in [0.05, 0.1) is 7.11 Å². The number of esters is 1. The molecule has 4 bridgehead atoms. The van der Waals surface area contributed by atoms with E-state index in [1.165, 1.54) is 37.5 Å². The Hall–Kier alpha value is -2.82.